The second-order valence-electron chi connectivity index (χ2n) is 31.7. The topological polar surface area (TPSA) is 520 Å². The van der Waals surface area contributed by atoms with Crippen molar-refractivity contribution in [1.82, 2.24) is 30.2 Å². The third-order valence-electron chi connectivity index (χ3n) is 22.6. The Hall–Kier alpha value is -17.5. The number of amides is 9. The minimum atomic E-state index is -1.46. The summed E-state index contributed by atoms with van der Waals surface area (Å²) in [6.07, 6.45) is -4.12. The molecule has 0 aliphatic carbocycles. The molecule has 3 atom stereocenters. The maximum Gasteiger partial charge on any atom is 0.349 e. The van der Waals surface area contributed by atoms with Crippen LogP contribution in [0.4, 0.5) is 47.7 Å². The van der Waals surface area contributed by atoms with Crippen molar-refractivity contribution in [1.29, 1.82) is 0 Å². The first kappa shape index (κ1) is 97.1. The number of aliphatic carboxylic acids is 1. The zero-order valence-corrected chi connectivity index (χ0v) is 74.6. The lowest BCUT2D eigenvalue weighted by atomic mass is 9.98. The zero-order valence-electron chi connectivity index (χ0n) is 74.6. The van der Waals surface area contributed by atoms with E-state index < -0.39 is 113 Å². The molecule has 0 radical (unpaired) electrons. The maximum atomic E-state index is 14.8. The van der Waals surface area contributed by atoms with Gasteiger partial charge in [0.05, 0.1) is 94.7 Å². The summed E-state index contributed by atoms with van der Waals surface area (Å²) >= 11 is 0. The number of hydrogen-bond acceptors (Lipinski definition) is 29. The highest BCUT2D eigenvalue weighted by molar-refractivity contribution is 6.36. The standard InChI is InChI=1S/C36H27FN4O8.C28H25FN4O6.C21H20FNO6.C15H9N3O3.H4N2/c1-20(42)48-31(23-6-4-5-21(17-23)22-9-12-29(37)28(18-22)34(44)40-13-15-47-16-14-40)33(43)38-24-10-11-27-30(19-24)49-39-32(27)41-35(45)25-7-2-3-8-26(25)36(41)46;1-16(34)38-25(27(35)31-20-6-7-21-24(15-20)39-32-26(21)30)19-4-2-3-17(13-19)18-5-8-23(29)22(14-18)28(36)33-9-11-37-12-10-33;1-13(24)29-19(21(26)27)16-4-2-3-14(11-16)15-5-6-18(22)17(12-15)20(25)23-7-9-28-10-8-23;16-8-5-6-11-12(7-8)21-17-13(11)18-14(19)9-3-1-2-4-10(9)15(18)20;1-2/h2-12,17-19,31H,13-16H2,1H3,(H,38,43);2-8,13-15,25H,9-12H2,1H3,(H2,30,32)(H,31,35);2-6,11-12,19H,7-10H2,1H3,(H,26,27);1-7H,16H2;1-2H2. The molecule has 19 rings (SSSR count). The fourth-order valence-electron chi connectivity index (χ4n) is 15.8. The Kier molecular flexibility index (Phi) is 29.8. The van der Waals surface area contributed by atoms with E-state index in [1.165, 1.54) is 96.4 Å². The summed E-state index contributed by atoms with van der Waals surface area (Å²) in [4.78, 5) is 170. The molecule has 0 spiro atoms. The molecule has 11 aromatic carbocycles. The van der Waals surface area contributed by atoms with Gasteiger partial charge >= 0.3 is 23.9 Å². The number of carboxylic acids is 1. The minimum absolute atomic E-state index is 0.0178. The molecule has 3 saturated heterocycles. The van der Waals surface area contributed by atoms with Gasteiger partial charge in [0.2, 0.25) is 18.3 Å². The number of nitrogens with one attached hydrogen (secondary N) is 2. The van der Waals surface area contributed by atoms with E-state index in [0.717, 1.165) is 16.7 Å². The molecule has 3 unspecified atom stereocenters. The lowest BCUT2D eigenvalue weighted by molar-refractivity contribution is -0.163. The summed E-state index contributed by atoms with van der Waals surface area (Å²) < 4.78 is 91.0. The summed E-state index contributed by atoms with van der Waals surface area (Å²) in [5.41, 5.74) is 19.0. The van der Waals surface area contributed by atoms with Gasteiger partial charge in [0.15, 0.2) is 34.2 Å². The van der Waals surface area contributed by atoms with Crippen molar-refractivity contribution in [3.05, 3.63) is 304 Å². The van der Waals surface area contributed by atoms with E-state index >= 15 is 0 Å². The Bertz CT molecular complexity index is 7160. The number of morpholine rings is 3. The third kappa shape index (κ3) is 21.4. The Morgan fingerprint density at radius 2 is 0.671 bits per heavy atom. The van der Waals surface area contributed by atoms with Crippen molar-refractivity contribution in [2.24, 2.45) is 11.7 Å². The lowest BCUT2D eigenvalue weighted by Crippen LogP contribution is -2.41. The van der Waals surface area contributed by atoms with E-state index in [4.69, 9.17) is 53.5 Å². The van der Waals surface area contributed by atoms with Gasteiger partial charge in [0.25, 0.3) is 53.2 Å². The number of aromatic nitrogens is 3. The monoisotopic (exact) mass is 1910 g/mol. The molecule has 714 valence electrons. The first-order valence-electron chi connectivity index (χ1n) is 43.2. The number of rotatable bonds is 19. The van der Waals surface area contributed by atoms with Gasteiger partial charge in [-0.15, -0.1) is 0 Å². The number of hydrogen-bond donors (Lipinski definition) is 7. The number of anilines is 6. The fraction of sp³-hybridized carbons (Fsp3) is 0.180. The van der Waals surface area contributed by atoms with E-state index in [-0.39, 0.29) is 62.1 Å². The van der Waals surface area contributed by atoms with Gasteiger partial charge in [-0.05, 0) is 149 Å². The molecule has 3 aromatic heterocycles. The number of benzene rings is 11. The predicted octanol–water partition coefficient (Wildman–Crippen LogP) is 12.8. The van der Waals surface area contributed by atoms with Crippen molar-refractivity contribution in [2.75, 3.05) is 111 Å². The van der Waals surface area contributed by atoms with Gasteiger partial charge in [0, 0.05) is 112 Å². The first-order chi connectivity index (χ1) is 67.5. The van der Waals surface area contributed by atoms with Gasteiger partial charge in [-0.25, -0.2) is 27.8 Å². The van der Waals surface area contributed by atoms with E-state index in [1.807, 2.05) is 0 Å². The first-order valence-corrected chi connectivity index (χ1v) is 43.2. The molecule has 3 fully saturated rings. The third-order valence-corrected chi connectivity index (χ3v) is 22.6. The van der Waals surface area contributed by atoms with Gasteiger partial charge in [-0.3, -0.25) is 69.2 Å². The van der Waals surface area contributed by atoms with E-state index in [0.29, 0.717) is 173 Å². The number of nitrogens with two attached hydrogens (primary N) is 4. The summed E-state index contributed by atoms with van der Waals surface area (Å²) in [6, 6.07) is 59.8. The summed E-state index contributed by atoms with van der Waals surface area (Å²) in [6.45, 7) is 8.12. The normalized spacial score (nSPS) is 14.4. The molecule has 9 amide bonds. The van der Waals surface area contributed by atoms with Crippen LogP contribution in [-0.4, -0.2) is 191 Å². The number of nitrogens with zero attached hydrogens (tertiary/aromatic N) is 8. The molecule has 40 heteroatoms. The molecule has 5 aliphatic heterocycles. The van der Waals surface area contributed by atoms with Crippen LogP contribution >= 0.6 is 0 Å². The molecule has 37 nitrogen and oxygen atoms in total. The Morgan fingerprint density at radius 3 is 1.02 bits per heavy atom. The van der Waals surface area contributed by atoms with Crippen LogP contribution in [-0.2, 0) is 57.2 Å². The van der Waals surface area contributed by atoms with Gasteiger partial charge < -0.3 is 83.9 Å². The maximum absolute atomic E-state index is 14.8. The number of carbonyl (C=O) groups excluding carboxylic acids is 12. The van der Waals surface area contributed by atoms with Crippen LogP contribution in [0.25, 0.3) is 66.3 Å². The highest BCUT2D eigenvalue weighted by Crippen LogP contribution is 2.39. The molecule has 5 aliphatic rings. The number of carbonyl (C=O) groups is 13. The molecule has 8 heterocycles. The van der Waals surface area contributed by atoms with Crippen LogP contribution < -0.4 is 43.6 Å². The quantitative estimate of drug-likeness (QED) is 0.00987. The number of hydrazine groups is 1. The van der Waals surface area contributed by atoms with Crippen LogP contribution in [0.1, 0.15) is 128 Å². The molecule has 0 bridgehead atoms. The van der Waals surface area contributed by atoms with Crippen molar-refractivity contribution >= 4 is 144 Å². The molecule has 14 aromatic rings. The average molecular weight is 1910 g/mol. The van der Waals surface area contributed by atoms with E-state index in [9.17, 15) is 80.6 Å². The van der Waals surface area contributed by atoms with Crippen LogP contribution in [0, 0.1) is 17.5 Å². The number of halogens is 3. The molecule has 11 N–H and O–H groups in total. The number of imide groups is 2. The number of ether oxygens (including phenoxy) is 6. The van der Waals surface area contributed by atoms with Crippen molar-refractivity contribution in [3.8, 4) is 33.4 Å². The van der Waals surface area contributed by atoms with Crippen LogP contribution in [0.2, 0.25) is 0 Å². The Labute approximate surface area is 792 Å². The largest absolute Gasteiger partial charge is 0.478 e. The van der Waals surface area contributed by atoms with Crippen molar-refractivity contribution in [3.63, 3.8) is 0 Å². The lowest BCUT2D eigenvalue weighted by Gasteiger charge is -2.27. The minimum Gasteiger partial charge on any atom is -0.478 e. The van der Waals surface area contributed by atoms with Gasteiger partial charge in [-0.2, -0.15) is 0 Å². The van der Waals surface area contributed by atoms with Gasteiger partial charge in [-0.1, -0.05) is 113 Å². The zero-order chi connectivity index (χ0) is 99.3. The molecular formula is C100H85F3N14O23. The average Bonchev–Trinajstić information content (AvgIpc) is 1.60. The highest BCUT2D eigenvalue weighted by Gasteiger charge is 2.42. The van der Waals surface area contributed by atoms with Gasteiger partial charge in [0.1, 0.15) is 17.5 Å². The fourth-order valence-corrected chi connectivity index (χ4v) is 15.8. The van der Waals surface area contributed by atoms with Crippen LogP contribution in [0.3, 0.4) is 0 Å². The Balaban J connectivity index is 0.000000146. The smallest absolute Gasteiger partial charge is 0.349 e. The SMILES string of the molecule is CC(=O)OC(C(=O)Nc1ccc2c(N)noc2c1)c1cccc(-c2ccc(F)c(C(=O)N3CCOCC3)c2)c1.CC(=O)OC(C(=O)Nc1ccc2c(N3C(=O)c4ccccc4C3=O)noc2c1)c1cccc(-c2ccc(F)c(C(=O)N3CCOCC3)c2)c1.CC(=O)OC(C(=O)O)c1cccc(-c2ccc(F)c(C(=O)N3CCOCC3)c2)c1.NN.Nc1ccc2c(N3C(=O)c4ccccc4C3=O)noc2c1. The predicted molar refractivity (Wildman–Crippen MR) is 498 cm³/mol. The summed E-state index contributed by atoms with van der Waals surface area (Å²) in [5.74, 6) is -1.31. The highest BCUT2D eigenvalue weighted by atomic mass is 19.1. The summed E-state index contributed by atoms with van der Waals surface area (Å²) in [7, 11) is 0. The van der Waals surface area contributed by atoms with E-state index in [2.05, 4.69) is 37.8 Å². The van der Waals surface area contributed by atoms with Crippen molar-refractivity contribution in [2.45, 2.75) is 39.1 Å². The Morgan fingerprint density at radius 1 is 0.364 bits per heavy atom. The van der Waals surface area contributed by atoms with E-state index in [1.54, 1.807) is 163 Å². The molecule has 140 heavy (non-hydrogen) atoms. The second-order valence-corrected chi connectivity index (χ2v) is 31.7. The summed E-state index contributed by atoms with van der Waals surface area (Å²) in [5, 5.41) is 27.8. The molecular weight excluding hydrogens is 1820 g/mol. The number of carboxylic acid groups (broad SMARTS) is 1. The molecule has 0 saturated carbocycles. The number of nitrogen functional groups attached to an aromatic ring is 2. The number of fused-ring (bicyclic) bond motifs is 5. The van der Waals surface area contributed by atoms with Crippen LogP contribution in [0.15, 0.2) is 244 Å². The van der Waals surface area contributed by atoms with Crippen LogP contribution in [0.5, 0.6) is 0 Å². The second kappa shape index (κ2) is 43.0. The number of esters is 3. The van der Waals surface area contributed by atoms with Crippen molar-refractivity contribution < 1.29 is 123 Å².